The fourth-order valence-electron chi connectivity index (χ4n) is 0.0781. The summed E-state index contributed by atoms with van der Waals surface area (Å²) in [5, 5.41) is 39.5. The normalized spacial score (nSPS) is 9.68. The minimum atomic E-state index is -1.63. The predicted octanol–water partition coefficient (Wildman–Crippen LogP) is -0.282. The van der Waals surface area contributed by atoms with E-state index < -0.39 is 30.6 Å². The Kier molecular flexibility index (Phi) is 14.2. The minimum absolute atomic E-state index is 0.176. The summed E-state index contributed by atoms with van der Waals surface area (Å²) in [6.45, 7) is 8.48. The molecule has 0 aliphatic rings. The highest BCUT2D eigenvalue weighted by Crippen LogP contribution is 1.81. The highest BCUT2D eigenvalue weighted by Gasteiger charge is 2.08. The van der Waals surface area contributed by atoms with Gasteiger partial charge in [-0.3, -0.25) is 0 Å². The molecule has 1 unspecified atom stereocenters. The summed E-state index contributed by atoms with van der Waals surface area (Å²) in [6.07, 6.45) is -1.63. The van der Waals surface area contributed by atoms with Crippen LogP contribution in [0, 0.1) is 0 Å². The number of rotatable bonds is 4. The van der Waals surface area contributed by atoms with E-state index >= 15 is 0 Å². The van der Waals surface area contributed by atoms with E-state index in [-0.39, 0.29) is 11.1 Å². The highest BCUT2D eigenvalue weighted by molar-refractivity contribution is 5.85. The Hall–Kier alpha value is -2.19. The molecule has 0 aromatic heterocycles. The summed E-state index contributed by atoms with van der Waals surface area (Å²) in [6, 6.07) is 0. The van der Waals surface area contributed by atoms with Crippen LogP contribution in [0.1, 0.15) is 13.8 Å². The third kappa shape index (κ3) is 21.6. The standard InChI is InChI=1S/2C4H6O2.C3H6O4/c2*1-3(2)4(5)6;4-1-2(5)3(6)7/h2*1H2,2H3,(H,5,6);2,4-5H,1H2,(H,6,7). The quantitative estimate of drug-likeness (QED) is 0.440. The van der Waals surface area contributed by atoms with Crippen LogP contribution in [0.2, 0.25) is 0 Å². The van der Waals surface area contributed by atoms with Gasteiger partial charge in [0.15, 0.2) is 6.10 Å². The second-order valence-corrected chi connectivity index (χ2v) is 3.21. The summed E-state index contributed by atoms with van der Waals surface area (Å²) in [5.41, 5.74) is 0.352. The van der Waals surface area contributed by atoms with E-state index in [4.69, 9.17) is 25.5 Å². The molecule has 8 nitrogen and oxygen atoms in total. The van der Waals surface area contributed by atoms with Gasteiger partial charge in [0.25, 0.3) is 0 Å². The molecule has 0 spiro atoms. The number of aliphatic carboxylic acids is 3. The Morgan fingerprint density at radius 3 is 1.16 bits per heavy atom. The maximum absolute atomic E-state index is 9.60. The number of hydrogen-bond acceptors (Lipinski definition) is 5. The lowest BCUT2D eigenvalue weighted by molar-refractivity contribution is -0.148. The first-order valence-corrected chi connectivity index (χ1v) is 4.76. The number of aliphatic hydroxyl groups excluding tert-OH is 2. The van der Waals surface area contributed by atoms with Crippen molar-refractivity contribution in [2.24, 2.45) is 0 Å². The molecule has 0 aromatic carbocycles. The fourth-order valence-corrected chi connectivity index (χ4v) is 0.0781. The molecule has 0 aliphatic heterocycles. The topological polar surface area (TPSA) is 152 Å². The van der Waals surface area contributed by atoms with E-state index in [1.807, 2.05) is 0 Å². The lowest BCUT2D eigenvalue weighted by Crippen LogP contribution is -2.22. The molecule has 5 N–H and O–H groups in total. The Labute approximate surface area is 109 Å². The van der Waals surface area contributed by atoms with E-state index in [1.54, 1.807) is 0 Å². The lowest BCUT2D eigenvalue weighted by Gasteiger charge is -1.95. The zero-order valence-corrected chi connectivity index (χ0v) is 10.7. The maximum Gasteiger partial charge on any atom is 0.334 e. The Morgan fingerprint density at radius 2 is 1.16 bits per heavy atom. The molecule has 0 amide bonds. The van der Waals surface area contributed by atoms with Crippen LogP contribution in [-0.2, 0) is 14.4 Å². The molecule has 0 rings (SSSR count). The second-order valence-electron chi connectivity index (χ2n) is 3.21. The van der Waals surface area contributed by atoms with Crippen LogP contribution < -0.4 is 0 Å². The summed E-state index contributed by atoms with van der Waals surface area (Å²) < 4.78 is 0. The number of carboxylic acid groups (broad SMARTS) is 3. The first-order chi connectivity index (χ1) is 8.47. The number of aliphatic hydroxyl groups is 2. The average Bonchev–Trinajstić information content (AvgIpc) is 2.29. The van der Waals surface area contributed by atoms with Crippen LogP contribution in [0.4, 0.5) is 0 Å². The van der Waals surface area contributed by atoms with E-state index in [9.17, 15) is 14.4 Å². The van der Waals surface area contributed by atoms with E-state index in [2.05, 4.69) is 13.2 Å². The molecule has 19 heavy (non-hydrogen) atoms. The summed E-state index contributed by atoms with van der Waals surface area (Å²) >= 11 is 0. The Bertz CT molecular complexity index is 297. The average molecular weight is 278 g/mol. The van der Waals surface area contributed by atoms with Gasteiger partial charge in [0, 0.05) is 11.1 Å². The number of hydrogen-bond donors (Lipinski definition) is 5. The lowest BCUT2D eigenvalue weighted by atomic mass is 10.4. The van der Waals surface area contributed by atoms with Gasteiger partial charge in [0.05, 0.1) is 6.61 Å². The molecule has 1 atom stereocenters. The largest absolute Gasteiger partial charge is 0.479 e. The number of carbonyl (C=O) groups is 3. The van der Waals surface area contributed by atoms with E-state index in [1.165, 1.54) is 13.8 Å². The maximum atomic E-state index is 9.60. The smallest absolute Gasteiger partial charge is 0.334 e. The van der Waals surface area contributed by atoms with Crippen molar-refractivity contribution in [2.75, 3.05) is 6.61 Å². The van der Waals surface area contributed by atoms with Crippen molar-refractivity contribution < 1.29 is 39.9 Å². The van der Waals surface area contributed by atoms with Gasteiger partial charge in [-0.2, -0.15) is 0 Å². The minimum Gasteiger partial charge on any atom is -0.479 e. The highest BCUT2D eigenvalue weighted by atomic mass is 16.4. The van der Waals surface area contributed by atoms with Gasteiger partial charge in [-0.05, 0) is 13.8 Å². The number of carboxylic acids is 3. The molecule has 0 saturated heterocycles. The van der Waals surface area contributed by atoms with Crippen molar-refractivity contribution in [3.05, 3.63) is 24.3 Å². The van der Waals surface area contributed by atoms with Crippen molar-refractivity contribution in [1.29, 1.82) is 0 Å². The van der Waals surface area contributed by atoms with Crippen LogP contribution in [-0.4, -0.2) is 56.2 Å². The van der Waals surface area contributed by atoms with Gasteiger partial charge in [-0.1, -0.05) is 13.2 Å². The van der Waals surface area contributed by atoms with E-state index in [0.29, 0.717) is 0 Å². The van der Waals surface area contributed by atoms with Gasteiger partial charge in [-0.15, -0.1) is 0 Å². The molecular weight excluding hydrogens is 260 g/mol. The molecule has 0 radical (unpaired) electrons. The van der Waals surface area contributed by atoms with Crippen molar-refractivity contribution in [3.63, 3.8) is 0 Å². The predicted molar refractivity (Wildman–Crippen MR) is 65.6 cm³/mol. The van der Waals surface area contributed by atoms with Crippen LogP contribution in [0.5, 0.6) is 0 Å². The summed E-state index contributed by atoms with van der Waals surface area (Å²) in [7, 11) is 0. The first kappa shape index (κ1) is 22.0. The molecular formula is C11H18O8. The van der Waals surface area contributed by atoms with Gasteiger partial charge in [0.2, 0.25) is 0 Å². The second kappa shape index (κ2) is 12.3. The molecule has 0 heterocycles. The van der Waals surface area contributed by atoms with Gasteiger partial charge < -0.3 is 25.5 Å². The van der Waals surface area contributed by atoms with Crippen molar-refractivity contribution >= 4 is 17.9 Å². The summed E-state index contributed by atoms with van der Waals surface area (Å²) in [5.74, 6) is -3.27. The first-order valence-electron chi connectivity index (χ1n) is 4.76. The van der Waals surface area contributed by atoms with Crippen molar-refractivity contribution in [2.45, 2.75) is 20.0 Å². The SMILES string of the molecule is C=C(C)C(=O)O.C=C(C)C(=O)O.O=C(O)C(O)CO. The van der Waals surface area contributed by atoms with Crippen LogP contribution >= 0.6 is 0 Å². The van der Waals surface area contributed by atoms with Crippen molar-refractivity contribution in [3.8, 4) is 0 Å². The molecule has 0 fully saturated rings. The van der Waals surface area contributed by atoms with Gasteiger partial charge in [0.1, 0.15) is 0 Å². The Morgan fingerprint density at radius 1 is 0.947 bits per heavy atom. The Balaban J connectivity index is -0.000000203. The monoisotopic (exact) mass is 278 g/mol. The molecule has 8 heteroatoms. The molecule has 0 bridgehead atoms. The third-order valence-electron chi connectivity index (χ3n) is 1.19. The van der Waals surface area contributed by atoms with Gasteiger partial charge >= 0.3 is 17.9 Å². The zero-order valence-electron chi connectivity index (χ0n) is 10.7. The fraction of sp³-hybridized carbons (Fsp3) is 0.364. The molecule has 0 aliphatic carbocycles. The van der Waals surface area contributed by atoms with Crippen LogP contribution in [0.3, 0.4) is 0 Å². The molecule has 0 aromatic rings. The van der Waals surface area contributed by atoms with Gasteiger partial charge in [-0.25, -0.2) is 14.4 Å². The van der Waals surface area contributed by atoms with Crippen LogP contribution in [0.25, 0.3) is 0 Å². The third-order valence-corrected chi connectivity index (χ3v) is 1.19. The summed E-state index contributed by atoms with van der Waals surface area (Å²) in [4.78, 5) is 28.7. The van der Waals surface area contributed by atoms with Crippen LogP contribution in [0.15, 0.2) is 24.3 Å². The zero-order chi connectivity index (χ0) is 16.2. The molecule has 0 saturated carbocycles. The molecule has 110 valence electrons. The van der Waals surface area contributed by atoms with E-state index in [0.717, 1.165) is 0 Å². The van der Waals surface area contributed by atoms with Crippen molar-refractivity contribution in [1.82, 2.24) is 0 Å².